The summed E-state index contributed by atoms with van der Waals surface area (Å²) in [6, 6.07) is 8.65. The average Bonchev–Trinajstić information content (AvgIpc) is 3.21. The number of nitrogens with zero attached hydrogens (tertiary/aromatic N) is 2. The van der Waals surface area contributed by atoms with Crippen LogP contribution < -0.4 is 5.56 Å². The van der Waals surface area contributed by atoms with Crippen molar-refractivity contribution in [2.45, 2.75) is 53.4 Å². The third kappa shape index (κ3) is 2.87. The average molecular weight is 404 g/mol. The van der Waals surface area contributed by atoms with E-state index in [4.69, 9.17) is 4.98 Å². The van der Waals surface area contributed by atoms with Gasteiger partial charge in [-0.05, 0) is 88.3 Å². The molecule has 5 heteroatoms. The quantitative estimate of drug-likeness (QED) is 0.477. The maximum absolute atomic E-state index is 13.0. The van der Waals surface area contributed by atoms with E-state index in [-0.39, 0.29) is 5.56 Å². The van der Waals surface area contributed by atoms with E-state index in [0.29, 0.717) is 5.82 Å². The van der Waals surface area contributed by atoms with Gasteiger partial charge in [0.25, 0.3) is 5.56 Å². The van der Waals surface area contributed by atoms with Crippen LogP contribution in [0.5, 0.6) is 0 Å². The van der Waals surface area contributed by atoms with Crippen LogP contribution in [-0.2, 0) is 12.8 Å². The highest BCUT2D eigenvalue weighted by molar-refractivity contribution is 7.18. The number of hydrogen-bond acceptors (Lipinski definition) is 3. The Morgan fingerprint density at radius 3 is 2.62 bits per heavy atom. The molecule has 1 aromatic carbocycles. The van der Waals surface area contributed by atoms with Crippen molar-refractivity contribution >= 4 is 21.6 Å². The molecule has 0 saturated carbocycles. The molecule has 0 saturated heterocycles. The molecule has 29 heavy (non-hydrogen) atoms. The van der Waals surface area contributed by atoms with E-state index in [2.05, 4.69) is 61.5 Å². The van der Waals surface area contributed by atoms with E-state index in [1.807, 2.05) is 0 Å². The van der Waals surface area contributed by atoms with Crippen molar-refractivity contribution in [3.05, 3.63) is 67.6 Å². The zero-order valence-corrected chi connectivity index (χ0v) is 18.2. The summed E-state index contributed by atoms with van der Waals surface area (Å²) in [4.78, 5) is 23.2. The Balaban J connectivity index is 1.68. The molecule has 4 aromatic rings. The lowest BCUT2D eigenvalue weighted by molar-refractivity contribution is 0.700. The number of fused-ring (bicyclic) bond motifs is 3. The summed E-state index contributed by atoms with van der Waals surface area (Å²) in [5.74, 6) is 0.671. The van der Waals surface area contributed by atoms with E-state index in [1.165, 1.54) is 28.0 Å². The molecule has 1 aliphatic carbocycles. The van der Waals surface area contributed by atoms with Crippen molar-refractivity contribution in [2.75, 3.05) is 0 Å². The van der Waals surface area contributed by atoms with Crippen molar-refractivity contribution in [3.63, 3.8) is 0 Å². The molecule has 3 aromatic heterocycles. The molecule has 1 aliphatic rings. The second-order valence-electron chi connectivity index (χ2n) is 8.19. The van der Waals surface area contributed by atoms with Crippen LogP contribution in [0.3, 0.4) is 0 Å². The lowest BCUT2D eigenvalue weighted by Crippen LogP contribution is -2.11. The first kappa shape index (κ1) is 18.4. The molecule has 0 amide bonds. The van der Waals surface area contributed by atoms with Gasteiger partial charge in [-0.3, -0.25) is 4.79 Å². The summed E-state index contributed by atoms with van der Waals surface area (Å²) in [7, 11) is 0. The van der Waals surface area contributed by atoms with Gasteiger partial charge in [0.1, 0.15) is 10.7 Å². The van der Waals surface area contributed by atoms with Gasteiger partial charge in [-0.1, -0.05) is 6.07 Å². The Morgan fingerprint density at radius 2 is 1.83 bits per heavy atom. The minimum Gasteiger partial charge on any atom is -0.318 e. The molecule has 0 spiro atoms. The van der Waals surface area contributed by atoms with Gasteiger partial charge in [-0.2, -0.15) is 0 Å². The molecule has 1 N–H and O–H groups in total. The zero-order valence-electron chi connectivity index (χ0n) is 17.3. The van der Waals surface area contributed by atoms with Crippen molar-refractivity contribution in [1.29, 1.82) is 0 Å². The first-order valence-electron chi connectivity index (χ1n) is 10.3. The van der Waals surface area contributed by atoms with Crippen LogP contribution in [0.15, 0.2) is 29.1 Å². The number of aromatic amines is 1. The maximum Gasteiger partial charge on any atom is 0.260 e. The molecule has 3 heterocycles. The molecule has 4 nitrogen and oxygen atoms in total. The van der Waals surface area contributed by atoms with Crippen LogP contribution in [0, 0.1) is 27.7 Å². The van der Waals surface area contributed by atoms with Crippen molar-refractivity contribution < 1.29 is 0 Å². The van der Waals surface area contributed by atoms with Gasteiger partial charge in [0, 0.05) is 27.5 Å². The van der Waals surface area contributed by atoms with E-state index in [9.17, 15) is 4.79 Å². The highest BCUT2D eigenvalue weighted by Crippen LogP contribution is 2.35. The van der Waals surface area contributed by atoms with Crippen LogP contribution in [-0.4, -0.2) is 14.5 Å². The highest BCUT2D eigenvalue weighted by Gasteiger charge is 2.21. The summed E-state index contributed by atoms with van der Waals surface area (Å²) in [5.41, 5.74) is 8.15. The second kappa shape index (κ2) is 6.70. The van der Waals surface area contributed by atoms with E-state index in [1.54, 1.807) is 11.3 Å². The second-order valence-corrected chi connectivity index (χ2v) is 9.28. The normalized spacial score (nSPS) is 13.8. The van der Waals surface area contributed by atoms with Crippen molar-refractivity contribution in [1.82, 2.24) is 14.5 Å². The van der Waals surface area contributed by atoms with Gasteiger partial charge < -0.3 is 9.55 Å². The van der Waals surface area contributed by atoms with E-state index >= 15 is 0 Å². The van der Waals surface area contributed by atoms with Gasteiger partial charge in [0.15, 0.2) is 0 Å². The van der Waals surface area contributed by atoms with Crippen LogP contribution in [0.1, 0.15) is 45.8 Å². The molecule has 0 fully saturated rings. The third-order valence-corrected chi connectivity index (χ3v) is 7.45. The number of nitrogens with one attached hydrogen (secondary N) is 1. The largest absolute Gasteiger partial charge is 0.318 e. The first-order chi connectivity index (χ1) is 13.9. The SMILES string of the molecule is Cc1ccc(-n2c(C)cc(-c3nc4sc5c(c4c(=O)[nH]3)CCCC5)c2C)cc1C. The number of H-pyrrole nitrogens is 1. The van der Waals surface area contributed by atoms with Crippen LogP contribution in [0.25, 0.3) is 27.3 Å². The molecule has 0 aliphatic heterocycles. The van der Waals surface area contributed by atoms with Gasteiger partial charge in [0.2, 0.25) is 0 Å². The predicted molar refractivity (Wildman–Crippen MR) is 121 cm³/mol. The Kier molecular flexibility index (Phi) is 4.24. The first-order valence-corrected chi connectivity index (χ1v) is 11.1. The van der Waals surface area contributed by atoms with Crippen LogP contribution >= 0.6 is 11.3 Å². The van der Waals surface area contributed by atoms with Crippen LogP contribution in [0.2, 0.25) is 0 Å². The van der Waals surface area contributed by atoms with E-state index in [0.717, 1.165) is 52.1 Å². The fourth-order valence-corrected chi connectivity index (χ4v) is 5.82. The minimum atomic E-state index is 0.000355. The monoisotopic (exact) mass is 403 g/mol. The summed E-state index contributed by atoms with van der Waals surface area (Å²) < 4.78 is 2.24. The maximum atomic E-state index is 13.0. The summed E-state index contributed by atoms with van der Waals surface area (Å²) in [5, 5.41) is 0.816. The highest BCUT2D eigenvalue weighted by atomic mass is 32.1. The third-order valence-electron chi connectivity index (χ3n) is 6.26. The summed E-state index contributed by atoms with van der Waals surface area (Å²) in [6.45, 7) is 8.47. The summed E-state index contributed by atoms with van der Waals surface area (Å²) in [6.07, 6.45) is 4.45. The van der Waals surface area contributed by atoms with E-state index < -0.39 is 0 Å². The van der Waals surface area contributed by atoms with Gasteiger partial charge in [0.05, 0.1) is 5.39 Å². The number of benzene rings is 1. The Hall–Kier alpha value is -2.66. The lowest BCUT2D eigenvalue weighted by atomic mass is 9.97. The van der Waals surface area contributed by atoms with Crippen LogP contribution in [0.4, 0.5) is 0 Å². The number of hydrogen-bond donors (Lipinski definition) is 1. The topological polar surface area (TPSA) is 50.7 Å². The molecule has 0 unspecified atom stereocenters. The molecule has 148 valence electrons. The van der Waals surface area contributed by atoms with Gasteiger partial charge in [-0.15, -0.1) is 11.3 Å². The predicted octanol–water partition coefficient (Wildman–Crippen LogP) is 5.55. The fraction of sp³-hybridized carbons (Fsp3) is 0.333. The molecule has 0 radical (unpaired) electrons. The molecular weight excluding hydrogens is 378 g/mol. The van der Waals surface area contributed by atoms with Gasteiger partial charge >= 0.3 is 0 Å². The zero-order chi connectivity index (χ0) is 20.3. The standard InChI is InChI=1S/C24H25N3OS/c1-13-9-10-17(11-14(13)2)27-15(3)12-19(16(27)4)22-25-23(28)21-18-7-5-6-8-20(18)29-24(21)26-22/h9-12H,5-8H2,1-4H3,(H,25,26,28). The smallest absolute Gasteiger partial charge is 0.260 e. The van der Waals surface area contributed by atoms with Gasteiger partial charge in [-0.25, -0.2) is 4.98 Å². The molecular formula is C24H25N3OS. The number of aryl methyl sites for hydroxylation is 5. The lowest BCUT2D eigenvalue weighted by Gasteiger charge is -2.12. The Bertz CT molecular complexity index is 1320. The molecule has 0 atom stereocenters. The Morgan fingerprint density at radius 1 is 1.03 bits per heavy atom. The number of rotatable bonds is 2. The number of aromatic nitrogens is 3. The molecule has 0 bridgehead atoms. The summed E-state index contributed by atoms with van der Waals surface area (Å²) >= 11 is 1.70. The Labute approximate surface area is 174 Å². The minimum absolute atomic E-state index is 0.000355. The fourth-order valence-electron chi connectivity index (χ4n) is 4.56. The molecule has 5 rings (SSSR count). The van der Waals surface area contributed by atoms with Crippen molar-refractivity contribution in [3.8, 4) is 17.1 Å². The number of thiophene rings is 1. The van der Waals surface area contributed by atoms with Crippen molar-refractivity contribution in [2.24, 2.45) is 0 Å².